The van der Waals surface area contributed by atoms with E-state index in [0.29, 0.717) is 108 Å². The van der Waals surface area contributed by atoms with Gasteiger partial charge in [-0.2, -0.15) is 0 Å². The highest BCUT2D eigenvalue weighted by molar-refractivity contribution is 6.07. The maximum absolute atomic E-state index is 14.4. The van der Waals surface area contributed by atoms with E-state index in [0.717, 1.165) is 0 Å². The molecule has 6 aromatic carbocycles. The molecule has 0 heterocycles. The van der Waals surface area contributed by atoms with E-state index >= 15 is 0 Å². The molecule has 0 aliphatic heterocycles. The zero-order valence-electron chi connectivity index (χ0n) is 44.3. The summed E-state index contributed by atoms with van der Waals surface area (Å²) in [6.07, 6.45) is 4.32. The van der Waals surface area contributed by atoms with Crippen molar-refractivity contribution in [1.29, 1.82) is 0 Å². The van der Waals surface area contributed by atoms with Crippen LogP contribution in [0.5, 0.6) is 0 Å². The van der Waals surface area contributed by atoms with Gasteiger partial charge in [0.15, 0.2) is 17.3 Å². The van der Waals surface area contributed by atoms with Crippen LogP contribution in [0, 0.1) is 0 Å². The number of aliphatic hydroxyl groups is 3. The minimum atomic E-state index is -0.953. The summed E-state index contributed by atoms with van der Waals surface area (Å²) >= 11 is 0. The maximum atomic E-state index is 14.4. The molecule has 0 spiro atoms. The average Bonchev–Trinajstić information content (AvgIpc) is 3.57. The number of hydrogen-bond donors (Lipinski definition) is 12. The van der Waals surface area contributed by atoms with Crippen LogP contribution in [0.1, 0.15) is 159 Å². The number of anilines is 3. The Hall–Kier alpha value is -8.10. The van der Waals surface area contributed by atoms with Gasteiger partial charge in [0.05, 0.1) is 37.9 Å². The smallest absolute Gasteiger partial charge is 0.251 e. The van der Waals surface area contributed by atoms with Gasteiger partial charge < -0.3 is 65.7 Å². The van der Waals surface area contributed by atoms with E-state index in [2.05, 4.69) is 16.0 Å². The highest BCUT2D eigenvalue weighted by atomic mass is 16.3. The fraction of sp³-hybridized carbons (Fsp3) is 0.311. The van der Waals surface area contributed by atoms with E-state index < -0.39 is 59.1 Å². The lowest BCUT2D eigenvalue weighted by Crippen LogP contribution is -2.41. The van der Waals surface area contributed by atoms with Gasteiger partial charge in [0, 0.05) is 56.4 Å². The maximum Gasteiger partial charge on any atom is 0.251 e. The molecule has 0 radical (unpaired) electrons. The third-order valence-corrected chi connectivity index (χ3v) is 13.9. The molecule has 416 valence electrons. The van der Waals surface area contributed by atoms with Crippen LogP contribution in [-0.4, -0.2) is 88.2 Å². The fourth-order valence-electron chi connectivity index (χ4n) is 9.37. The van der Waals surface area contributed by atoms with Crippen molar-refractivity contribution in [3.8, 4) is 0 Å². The quantitative estimate of drug-likeness (QED) is 0.0116. The van der Waals surface area contributed by atoms with Gasteiger partial charge in [0.2, 0.25) is 0 Å². The number of amides is 3. The van der Waals surface area contributed by atoms with E-state index in [9.17, 15) is 44.1 Å². The Balaban J connectivity index is 1.39. The summed E-state index contributed by atoms with van der Waals surface area (Å²) in [6, 6.07) is 30.6. The van der Waals surface area contributed by atoms with E-state index in [1.165, 1.54) is 18.2 Å². The van der Waals surface area contributed by atoms with Crippen molar-refractivity contribution in [2.75, 3.05) is 36.8 Å². The Kier molecular flexibility index (Phi) is 22.5. The number of carbonyl (C=O) groups is 6. The van der Waals surface area contributed by atoms with E-state index in [1.54, 1.807) is 109 Å². The van der Waals surface area contributed by atoms with Crippen LogP contribution in [0.2, 0.25) is 0 Å². The van der Waals surface area contributed by atoms with Crippen LogP contribution in [-0.2, 0) is 19.8 Å². The van der Waals surface area contributed by atoms with E-state index in [1.807, 2.05) is 0 Å². The van der Waals surface area contributed by atoms with E-state index in [-0.39, 0.29) is 72.8 Å². The first-order chi connectivity index (χ1) is 38.1. The van der Waals surface area contributed by atoms with Crippen LogP contribution in [0.15, 0.2) is 127 Å². The fourth-order valence-corrected chi connectivity index (χ4v) is 9.37. The molecule has 18 heteroatoms. The topological polar surface area (TPSA) is 355 Å². The lowest BCUT2D eigenvalue weighted by atomic mass is 9.80. The summed E-state index contributed by atoms with van der Waals surface area (Å²) in [5.41, 5.74) is 43.5. The average molecular weight is 1080 g/mol. The van der Waals surface area contributed by atoms with Crippen molar-refractivity contribution >= 4 is 52.1 Å². The van der Waals surface area contributed by atoms with Gasteiger partial charge >= 0.3 is 0 Å². The zero-order valence-corrected chi connectivity index (χ0v) is 44.3. The second kappa shape index (κ2) is 29.6. The van der Waals surface area contributed by atoms with Gasteiger partial charge in [-0.25, -0.2) is 0 Å². The molecule has 79 heavy (non-hydrogen) atoms. The molecule has 0 aliphatic rings. The zero-order chi connectivity index (χ0) is 57.0. The normalized spacial score (nSPS) is 12.3. The van der Waals surface area contributed by atoms with Crippen LogP contribution in [0.3, 0.4) is 0 Å². The Labute approximate surface area is 460 Å². The number of benzene rings is 6. The number of unbranched alkanes of at least 4 members (excludes halogenated alkanes) is 3. The van der Waals surface area contributed by atoms with Crippen LogP contribution >= 0.6 is 0 Å². The summed E-state index contributed by atoms with van der Waals surface area (Å²) in [5, 5.41) is 37.2. The minimum absolute atomic E-state index is 0.158. The lowest BCUT2D eigenvalue weighted by molar-refractivity contribution is 0.0851. The van der Waals surface area contributed by atoms with Gasteiger partial charge in [-0.1, -0.05) is 72.8 Å². The minimum Gasteiger partial charge on any atom is -0.398 e. The van der Waals surface area contributed by atoms with Gasteiger partial charge in [-0.15, -0.1) is 0 Å². The highest BCUT2D eigenvalue weighted by Crippen LogP contribution is 2.41. The first kappa shape index (κ1) is 60.1. The third kappa shape index (κ3) is 16.0. The molecule has 0 unspecified atom stereocenters. The second-order valence-corrected chi connectivity index (χ2v) is 19.6. The van der Waals surface area contributed by atoms with Crippen LogP contribution in [0.25, 0.3) is 0 Å². The molecule has 6 aromatic rings. The summed E-state index contributed by atoms with van der Waals surface area (Å²) < 4.78 is 0. The van der Waals surface area contributed by atoms with Gasteiger partial charge in [0.1, 0.15) is 0 Å². The van der Waals surface area contributed by atoms with Crippen LogP contribution in [0.4, 0.5) is 17.1 Å². The molecular formula is C61H73N9O9. The molecule has 0 fully saturated rings. The standard InChI is InChI=1S/C61H73N9O9/c62-28-4-1-7-52(68-59(77)40-16-10-37(34-71)11-17-40)56(74)43-22-25-46(49(65)31-43)55(47-26-23-44(32-50(47)66)57(75)53(8-2-5-29-63)69-60(78)41-18-12-38(35-72)13-19-41)48-27-24-45(33-51(48)67)58(76)54(9-3-6-30-64)70-61(79)42-20-14-39(36-73)15-21-42/h10-27,31-33,52-55,71-73H,1-9,28-30,34-36,62-67H2,(H,68,77)(H,69,78)(H,70,79)/t52-,53-,54-/m1/s1. The molecular weight excluding hydrogens is 1000 g/mol. The predicted molar refractivity (Wildman–Crippen MR) is 306 cm³/mol. The number of hydrogen-bond acceptors (Lipinski definition) is 15. The monoisotopic (exact) mass is 1080 g/mol. The first-order valence-electron chi connectivity index (χ1n) is 26.6. The molecule has 18 N–H and O–H groups in total. The Morgan fingerprint density at radius 2 is 0.595 bits per heavy atom. The molecule has 0 aromatic heterocycles. The lowest BCUT2D eigenvalue weighted by Gasteiger charge is -2.26. The van der Waals surface area contributed by atoms with Gasteiger partial charge in [-0.05, 0) is 165 Å². The molecule has 0 bridgehead atoms. The van der Waals surface area contributed by atoms with Gasteiger partial charge in [0.25, 0.3) is 17.7 Å². The molecule has 18 nitrogen and oxygen atoms in total. The van der Waals surface area contributed by atoms with Gasteiger partial charge in [-0.3, -0.25) is 28.8 Å². The molecule has 3 amide bonds. The number of carbonyl (C=O) groups excluding carboxylic acids is 6. The molecule has 0 aliphatic carbocycles. The third-order valence-electron chi connectivity index (χ3n) is 13.9. The summed E-state index contributed by atoms with van der Waals surface area (Å²) in [6.45, 7) is 0.574. The number of nitrogen functional groups attached to an aromatic ring is 3. The van der Waals surface area contributed by atoms with Crippen LogP contribution < -0.4 is 50.4 Å². The Morgan fingerprint density at radius 3 is 0.810 bits per heavy atom. The number of ketones is 3. The summed E-state index contributed by atoms with van der Waals surface area (Å²) in [4.78, 5) is 83.6. The summed E-state index contributed by atoms with van der Waals surface area (Å²) in [5.74, 6) is -3.52. The van der Waals surface area contributed by atoms with E-state index in [4.69, 9.17) is 34.4 Å². The molecule has 0 saturated carbocycles. The number of nitrogens with one attached hydrogen (secondary N) is 3. The number of aliphatic hydroxyl groups excluding tert-OH is 3. The van der Waals surface area contributed by atoms with Crippen molar-refractivity contribution in [3.63, 3.8) is 0 Å². The summed E-state index contributed by atoms with van der Waals surface area (Å²) in [7, 11) is 0. The first-order valence-corrected chi connectivity index (χ1v) is 26.6. The molecule has 6 rings (SSSR count). The van der Waals surface area contributed by atoms with Crippen molar-refractivity contribution in [2.45, 2.75) is 102 Å². The predicted octanol–water partition coefficient (Wildman–Crippen LogP) is 5.42. The van der Waals surface area contributed by atoms with Crippen molar-refractivity contribution in [1.82, 2.24) is 16.0 Å². The number of Topliss-reactive ketones (excluding diaryl/α,β-unsaturated/α-hetero) is 3. The number of rotatable bonds is 30. The SMILES string of the molecule is NCCCC[C@@H](NC(=O)c1ccc(CO)cc1)C(=O)c1ccc(C(c2ccc(C(=O)[C@@H](CCCCN)NC(=O)c3ccc(CO)cc3)cc2N)c2ccc(C(=O)[C@@H](CCCCN)NC(=O)c3ccc(CO)cc3)cc2N)c(N)c1. The van der Waals surface area contributed by atoms with Crippen molar-refractivity contribution in [2.24, 2.45) is 17.2 Å². The molecule has 0 saturated heterocycles. The second-order valence-electron chi connectivity index (χ2n) is 19.6. The number of nitrogens with two attached hydrogens (primary N) is 6. The highest BCUT2D eigenvalue weighted by Gasteiger charge is 2.30. The molecule has 3 atom stereocenters. The Bertz CT molecular complexity index is 2730. The van der Waals surface area contributed by atoms with Crippen molar-refractivity contribution in [3.05, 3.63) is 194 Å². The Morgan fingerprint density at radius 1 is 0.354 bits per heavy atom. The largest absolute Gasteiger partial charge is 0.398 e. The van der Waals surface area contributed by atoms with Crippen molar-refractivity contribution < 1.29 is 44.1 Å².